The summed E-state index contributed by atoms with van der Waals surface area (Å²) in [6.07, 6.45) is 2.79. The Morgan fingerprint density at radius 1 is 1.23 bits per heavy atom. The van der Waals surface area contributed by atoms with Gasteiger partial charge >= 0.3 is 0 Å². The molecule has 2 aromatic rings. The van der Waals surface area contributed by atoms with Crippen LogP contribution in [0.3, 0.4) is 0 Å². The third kappa shape index (κ3) is 3.77. The number of benzene rings is 2. The van der Waals surface area contributed by atoms with Gasteiger partial charge in [-0.2, -0.15) is 5.26 Å². The Labute approximate surface area is 126 Å². The minimum Gasteiger partial charge on any atom is -0.322 e. The second kappa shape index (κ2) is 6.81. The van der Waals surface area contributed by atoms with E-state index in [1.54, 1.807) is 30.3 Å². The Hall–Kier alpha value is -3.46. The Bertz CT molecular complexity index is 791. The summed E-state index contributed by atoms with van der Waals surface area (Å²) >= 11 is 0. The number of nitro benzene ring substituents is 1. The number of hydrogen-bond donors (Lipinski definition) is 1. The number of nitro groups is 1. The molecule has 108 valence electrons. The zero-order valence-corrected chi connectivity index (χ0v) is 11.4. The van der Waals surface area contributed by atoms with Gasteiger partial charge in [0.2, 0.25) is 5.91 Å². The lowest BCUT2D eigenvalue weighted by molar-refractivity contribution is -0.384. The fourth-order valence-electron chi connectivity index (χ4n) is 1.79. The van der Waals surface area contributed by atoms with Crippen molar-refractivity contribution in [3.63, 3.8) is 0 Å². The summed E-state index contributed by atoms with van der Waals surface area (Å²) in [6.45, 7) is 0. The number of rotatable bonds is 4. The number of nitriles is 1. The van der Waals surface area contributed by atoms with E-state index < -0.39 is 10.8 Å². The lowest BCUT2D eigenvalue weighted by Crippen LogP contribution is -2.07. The fraction of sp³-hybridized carbons (Fsp3) is 0. The highest BCUT2D eigenvalue weighted by atomic mass is 16.6. The van der Waals surface area contributed by atoms with Crippen molar-refractivity contribution in [3.05, 3.63) is 75.8 Å². The van der Waals surface area contributed by atoms with Gasteiger partial charge in [-0.25, -0.2) is 0 Å². The number of hydrogen-bond acceptors (Lipinski definition) is 4. The van der Waals surface area contributed by atoms with Crippen LogP contribution in [0.5, 0.6) is 0 Å². The van der Waals surface area contributed by atoms with Crippen LogP contribution in [0.2, 0.25) is 0 Å². The largest absolute Gasteiger partial charge is 0.322 e. The molecule has 0 heterocycles. The summed E-state index contributed by atoms with van der Waals surface area (Å²) in [5.41, 5.74) is 1.31. The molecule has 6 heteroatoms. The monoisotopic (exact) mass is 293 g/mol. The summed E-state index contributed by atoms with van der Waals surface area (Å²) < 4.78 is 0. The van der Waals surface area contributed by atoms with Gasteiger partial charge in [0.1, 0.15) is 0 Å². The molecule has 0 saturated carbocycles. The number of non-ortho nitro benzene ring substituents is 1. The van der Waals surface area contributed by atoms with Crippen molar-refractivity contribution in [1.29, 1.82) is 5.26 Å². The number of carbonyl (C=O) groups excluding carboxylic acids is 1. The van der Waals surface area contributed by atoms with E-state index in [0.717, 1.165) is 0 Å². The van der Waals surface area contributed by atoms with E-state index in [0.29, 0.717) is 16.8 Å². The minimum atomic E-state index is -0.533. The summed E-state index contributed by atoms with van der Waals surface area (Å²) in [5.74, 6) is -0.437. The Balaban J connectivity index is 2.10. The number of carbonyl (C=O) groups is 1. The molecule has 0 aliphatic rings. The van der Waals surface area contributed by atoms with Gasteiger partial charge in [0.25, 0.3) is 5.69 Å². The van der Waals surface area contributed by atoms with Crippen LogP contribution in [-0.4, -0.2) is 10.8 Å². The number of nitrogens with one attached hydrogen (secondary N) is 1. The van der Waals surface area contributed by atoms with E-state index in [4.69, 9.17) is 5.26 Å². The third-order valence-corrected chi connectivity index (χ3v) is 2.82. The van der Waals surface area contributed by atoms with Crippen molar-refractivity contribution in [2.45, 2.75) is 0 Å². The van der Waals surface area contributed by atoms with Gasteiger partial charge in [0.05, 0.1) is 16.6 Å². The molecule has 0 aliphatic heterocycles. The van der Waals surface area contributed by atoms with Gasteiger partial charge in [0, 0.05) is 23.9 Å². The van der Waals surface area contributed by atoms with Crippen LogP contribution in [0.15, 0.2) is 54.6 Å². The molecule has 2 aromatic carbocycles. The molecule has 0 fully saturated rings. The van der Waals surface area contributed by atoms with Crippen LogP contribution >= 0.6 is 0 Å². The number of nitrogens with zero attached hydrogens (tertiary/aromatic N) is 2. The van der Waals surface area contributed by atoms with Crippen LogP contribution in [-0.2, 0) is 4.79 Å². The molecule has 0 saturated heterocycles. The molecule has 0 aromatic heterocycles. The quantitative estimate of drug-likeness (QED) is 0.532. The van der Waals surface area contributed by atoms with Gasteiger partial charge in [-0.3, -0.25) is 14.9 Å². The maximum absolute atomic E-state index is 11.8. The zero-order valence-electron chi connectivity index (χ0n) is 11.4. The topological polar surface area (TPSA) is 96.0 Å². The second-order valence-corrected chi connectivity index (χ2v) is 4.33. The first-order valence-corrected chi connectivity index (χ1v) is 6.33. The first-order valence-electron chi connectivity index (χ1n) is 6.33. The van der Waals surface area contributed by atoms with E-state index in [1.165, 1.54) is 30.4 Å². The molecule has 1 N–H and O–H groups in total. The normalized spacial score (nSPS) is 10.1. The van der Waals surface area contributed by atoms with Crippen LogP contribution in [0.25, 0.3) is 6.08 Å². The first-order chi connectivity index (χ1) is 10.6. The summed E-state index contributed by atoms with van der Waals surface area (Å²) in [5, 5.41) is 22.2. The lowest BCUT2D eigenvalue weighted by Gasteiger charge is -2.02. The predicted octanol–water partition coefficient (Wildman–Crippen LogP) is 3.12. The fourth-order valence-corrected chi connectivity index (χ4v) is 1.79. The highest BCUT2D eigenvalue weighted by Gasteiger charge is 2.06. The molecule has 2 rings (SSSR count). The molecule has 6 nitrogen and oxygen atoms in total. The summed E-state index contributed by atoms with van der Waals surface area (Å²) in [6, 6.07) is 14.6. The van der Waals surface area contributed by atoms with Gasteiger partial charge in [-0.05, 0) is 23.8 Å². The summed E-state index contributed by atoms with van der Waals surface area (Å²) in [7, 11) is 0. The molecular formula is C16H11N3O3. The molecule has 0 spiro atoms. The van der Waals surface area contributed by atoms with Crippen molar-refractivity contribution in [2.75, 3.05) is 5.32 Å². The van der Waals surface area contributed by atoms with E-state index in [-0.39, 0.29) is 5.69 Å². The molecule has 1 amide bonds. The van der Waals surface area contributed by atoms with E-state index >= 15 is 0 Å². The van der Waals surface area contributed by atoms with E-state index in [9.17, 15) is 14.9 Å². The Morgan fingerprint density at radius 2 is 2.00 bits per heavy atom. The predicted molar refractivity (Wildman–Crippen MR) is 81.9 cm³/mol. The average molecular weight is 293 g/mol. The molecule has 0 bridgehead atoms. The molecule has 22 heavy (non-hydrogen) atoms. The SMILES string of the molecule is N#Cc1ccccc1C=CC(=O)Nc1cccc([N+](=O)[O-])c1. The zero-order chi connectivity index (χ0) is 15.9. The van der Waals surface area contributed by atoms with Crippen LogP contribution in [0.1, 0.15) is 11.1 Å². The van der Waals surface area contributed by atoms with Crippen molar-refractivity contribution in [1.82, 2.24) is 0 Å². The van der Waals surface area contributed by atoms with Crippen molar-refractivity contribution >= 4 is 23.4 Å². The molecular weight excluding hydrogens is 282 g/mol. The number of anilines is 1. The van der Waals surface area contributed by atoms with Crippen molar-refractivity contribution < 1.29 is 9.72 Å². The smallest absolute Gasteiger partial charge is 0.271 e. The van der Waals surface area contributed by atoms with Gasteiger partial charge < -0.3 is 5.32 Å². The molecule has 0 aliphatic carbocycles. The highest BCUT2D eigenvalue weighted by Crippen LogP contribution is 2.17. The Kier molecular flexibility index (Phi) is 4.63. The van der Waals surface area contributed by atoms with Crippen LogP contribution in [0, 0.1) is 21.4 Å². The van der Waals surface area contributed by atoms with Crippen LogP contribution < -0.4 is 5.32 Å². The van der Waals surface area contributed by atoms with Crippen molar-refractivity contribution in [2.24, 2.45) is 0 Å². The standard InChI is InChI=1S/C16H11N3O3/c17-11-13-5-2-1-4-12(13)8-9-16(20)18-14-6-3-7-15(10-14)19(21)22/h1-10H,(H,18,20). The molecule has 0 atom stereocenters. The summed E-state index contributed by atoms with van der Waals surface area (Å²) in [4.78, 5) is 22.0. The average Bonchev–Trinajstić information content (AvgIpc) is 2.53. The first kappa shape index (κ1) is 14.9. The van der Waals surface area contributed by atoms with E-state index in [2.05, 4.69) is 5.32 Å². The molecule has 0 unspecified atom stereocenters. The maximum Gasteiger partial charge on any atom is 0.271 e. The second-order valence-electron chi connectivity index (χ2n) is 4.33. The van der Waals surface area contributed by atoms with Gasteiger partial charge in [0.15, 0.2) is 0 Å². The lowest BCUT2D eigenvalue weighted by atomic mass is 10.1. The minimum absolute atomic E-state index is 0.100. The number of amides is 1. The molecule has 0 radical (unpaired) electrons. The van der Waals surface area contributed by atoms with Gasteiger partial charge in [-0.15, -0.1) is 0 Å². The van der Waals surface area contributed by atoms with Crippen molar-refractivity contribution in [3.8, 4) is 6.07 Å². The van der Waals surface area contributed by atoms with Gasteiger partial charge in [-0.1, -0.05) is 24.3 Å². The Morgan fingerprint density at radius 3 is 2.73 bits per heavy atom. The van der Waals surface area contributed by atoms with Crippen LogP contribution in [0.4, 0.5) is 11.4 Å². The third-order valence-electron chi connectivity index (χ3n) is 2.82. The highest BCUT2D eigenvalue weighted by molar-refractivity contribution is 6.02. The maximum atomic E-state index is 11.8. The van der Waals surface area contributed by atoms with E-state index in [1.807, 2.05) is 6.07 Å².